The molecule has 5 nitrogen and oxygen atoms in total. The Morgan fingerprint density at radius 3 is 1.87 bits per heavy atom. The highest BCUT2D eigenvalue weighted by molar-refractivity contribution is 5.91. The molecule has 2 aliphatic rings. The van der Waals surface area contributed by atoms with Crippen molar-refractivity contribution in [1.29, 1.82) is 0 Å². The molecule has 3 aromatic carbocycles. The van der Waals surface area contributed by atoms with E-state index in [0.717, 1.165) is 56.3 Å². The summed E-state index contributed by atoms with van der Waals surface area (Å²) < 4.78 is 15.6. The first-order chi connectivity index (χ1) is 18.5. The smallest absolute Gasteiger partial charge is 0.232 e. The van der Waals surface area contributed by atoms with Crippen LogP contribution in [-0.4, -0.2) is 48.2 Å². The van der Waals surface area contributed by atoms with E-state index >= 15 is 4.39 Å². The summed E-state index contributed by atoms with van der Waals surface area (Å²) in [6.07, 6.45) is 3.51. The van der Waals surface area contributed by atoms with Crippen molar-refractivity contribution in [1.82, 2.24) is 9.80 Å². The quantitative estimate of drug-likeness (QED) is 0.427. The minimum atomic E-state index is -0.953. The normalized spacial score (nSPS) is 19.4. The number of halogens is 1. The van der Waals surface area contributed by atoms with E-state index in [9.17, 15) is 9.59 Å². The molecule has 3 aromatic rings. The zero-order valence-corrected chi connectivity index (χ0v) is 21.8. The molecular weight excluding hydrogens is 477 g/mol. The second-order valence-electron chi connectivity index (χ2n) is 10.8. The number of hydrogen-bond acceptors (Lipinski definition) is 4. The van der Waals surface area contributed by atoms with Crippen molar-refractivity contribution in [2.24, 2.45) is 17.6 Å². The van der Waals surface area contributed by atoms with Crippen LogP contribution in [0.25, 0.3) is 0 Å². The zero-order valence-electron chi connectivity index (χ0n) is 21.8. The Morgan fingerprint density at radius 1 is 0.816 bits per heavy atom. The molecule has 2 saturated heterocycles. The molecule has 2 heterocycles. The number of nitrogens with two attached hydrogens (primary N) is 1. The van der Waals surface area contributed by atoms with Crippen LogP contribution in [0, 0.1) is 17.7 Å². The van der Waals surface area contributed by atoms with Gasteiger partial charge in [0.1, 0.15) is 17.5 Å². The Balaban J connectivity index is 1.35. The molecule has 2 aliphatic heterocycles. The standard InChI is InChI=1S/C32H36FN3O2/c33-30-25(20-35-17-14-24(23-37)15-18-35)8-7-9-26(30)21-36-19-16-29(22-36)32(31(34)38,27-10-3-1-4-11-27)28-12-5-2-6-13-28/h1-13,23-24,29H,14-22H2,(H2,34,38). The Kier molecular flexibility index (Phi) is 8.01. The highest BCUT2D eigenvalue weighted by Gasteiger charge is 2.49. The van der Waals surface area contributed by atoms with Gasteiger partial charge in [0.15, 0.2) is 0 Å². The molecule has 0 bridgehead atoms. The summed E-state index contributed by atoms with van der Waals surface area (Å²) in [5, 5.41) is 0. The lowest BCUT2D eigenvalue weighted by atomic mass is 9.64. The lowest BCUT2D eigenvalue weighted by Gasteiger charge is -2.37. The lowest BCUT2D eigenvalue weighted by molar-refractivity contribution is -0.123. The van der Waals surface area contributed by atoms with Crippen LogP contribution in [0.3, 0.4) is 0 Å². The van der Waals surface area contributed by atoms with Crippen molar-refractivity contribution in [3.8, 4) is 0 Å². The number of primary amides is 1. The maximum Gasteiger partial charge on any atom is 0.232 e. The van der Waals surface area contributed by atoms with Gasteiger partial charge in [0.05, 0.1) is 0 Å². The van der Waals surface area contributed by atoms with Gasteiger partial charge >= 0.3 is 0 Å². The molecule has 5 rings (SSSR count). The Hall–Kier alpha value is -3.35. The second-order valence-corrected chi connectivity index (χ2v) is 10.8. The van der Waals surface area contributed by atoms with Crippen molar-refractivity contribution >= 4 is 12.2 Å². The van der Waals surface area contributed by atoms with Crippen molar-refractivity contribution in [2.75, 3.05) is 26.2 Å². The van der Waals surface area contributed by atoms with Gasteiger partial charge in [0, 0.05) is 36.7 Å². The molecule has 1 unspecified atom stereocenters. The molecule has 1 atom stereocenters. The first-order valence-electron chi connectivity index (χ1n) is 13.6. The minimum absolute atomic E-state index is 0.0323. The molecule has 0 aliphatic carbocycles. The molecule has 2 fully saturated rings. The monoisotopic (exact) mass is 513 g/mol. The summed E-state index contributed by atoms with van der Waals surface area (Å²) in [4.78, 5) is 28.9. The van der Waals surface area contributed by atoms with Gasteiger partial charge in [-0.2, -0.15) is 0 Å². The SMILES string of the molecule is NC(=O)C(c1ccccc1)(c1ccccc1)C1CCN(Cc2cccc(CN3CCC(C=O)CC3)c2F)C1. The number of rotatable bonds is 9. The molecule has 38 heavy (non-hydrogen) atoms. The predicted octanol–water partition coefficient (Wildman–Crippen LogP) is 4.53. The van der Waals surface area contributed by atoms with E-state index in [1.54, 1.807) is 0 Å². The average molecular weight is 514 g/mol. The Morgan fingerprint density at radius 2 is 1.34 bits per heavy atom. The third-order valence-electron chi connectivity index (χ3n) is 8.50. The van der Waals surface area contributed by atoms with Crippen LogP contribution < -0.4 is 5.73 Å². The van der Waals surface area contributed by atoms with E-state index in [1.807, 2.05) is 78.9 Å². The number of hydrogen-bond donors (Lipinski definition) is 1. The van der Waals surface area contributed by atoms with Crippen LogP contribution in [0.5, 0.6) is 0 Å². The molecule has 198 valence electrons. The van der Waals surface area contributed by atoms with Crippen molar-refractivity contribution in [2.45, 2.75) is 37.8 Å². The number of carbonyl (C=O) groups excluding carboxylic acids is 2. The highest BCUT2D eigenvalue weighted by Crippen LogP contribution is 2.44. The van der Waals surface area contributed by atoms with Gasteiger partial charge in [-0.05, 0) is 55.9 Å². The van der Waals surface area contributed by atoms with Gasteiger partial charge in [-0.25, -0.2) is 4.39 Å². The Labute approximate surface area is 224 Å². The van der Waals surface area contributed by atoms with Crippen LogP contribution in [0.1, 0.15) is 41.5 Å². The molecule has 0 radical (unpaired) electrons. The van der Waals surface area contributed by atoms with Crippen molar-refractivity contribution in [3.05, 3.63) is 107 Å². The van der Waals surface area contributed by atoms with Crippen LogP contribution in [-0.2, 0) is 28.1 Å². The molecule has 1 amide bonds. The summed E-state index contributed by atoms with van der Waals surface area (Å²) >= 11 is 0. The van der Waals surface area contributed by atoms with Crippen molar-refractivity contribution in [3.63, 3.8) is 0 Å². The molecule has 2 N–H and O–H groups in total. The first-order valence-corrected chi connectivity index (χ1v) is 13.6. The van der Waals surface area contributed by atoms with Crippen LogP contribution >= 0.6 is 0 Å². The van der Waals surface area contributed by atoms with E-state index in [2.05, 4.69) is 9.80 Å². The maximum absolute atomic E-state index is 15.6. The van der Waals surface area contributed by atoms with Gasteiger partial charge in [-0.15, -0.1) is 0 Å². The van der Waals surface area contributed by atoms with E-state index in [1.165, 1.54) is 0 Å². The number of aldehydes is 1. The number of piperidine rings is 1. The Bertz CT molecular complexity index is 1200. The van der Waals surface area contributed by atoms with Gasteiger partial charge in [-0.3, -0.25) is 14.6 Å². The minimum Gasteiger partial charge on any atom is -0.369 e. The maximum atomic E-state index is 15.6. The summed E-state index contributed by atoms with van der Waals surface area (Å²) in [7, 11) is 0. The molecular formula is C32H36FN3O2. The van der Waals surface area contributed by atoms with Gasteiger partial charge in [0.25, 0.3) is 0 Å². The number of carbonyl (C=O) groups is 2. The molecule has 6 heteroatoms. The van der Waals surface area contributed by atoms with Crippen molar-refractivity contribution < 1.29 is 14.0 Å². The van der Waals surface area contributed by atoms with E-state index in [-0.39, 0.29) is 23.6 Å². The summed E-state index contributed by atoms with van der Waals surface area (Å²) in [5.41, 5.74) is 8.44. The summed E-state index contributed by atoms with van der Waals surface area (Å²) in [5.74, 6) is -0.408. The fourth-order valence-electron chi connectivity index (χ4n) is 6.46. The topological polar surface area (TPSA) is 66.6 Å². The zero-order chi connectivity index (χ0) is 26.5. The van der Waals surface area contributed by atoms with E-state index in [4.69, 9.17) is 5.73 Å². The van der Waals surface area contributed by atoms with E-state index in [0.29, 0.717) is 30.8 Å². The highest BCUT2D eigenvalue weighted by atomic mass is 19.1. The van der Waals surface area contributed by atoms with E-state index < -0.39 is 5.41 Å². The summed E-state index contributed by atoms with van der Waals surface area (Å²) in [6.45, 7) is 4.09. The molecule has 0 aromatic heterocycles. The number of likely N-dealkylation sites (tertiary alicyclic amines) is 2. The fraction of sp³-hybridized carbons (Fsp3) is 0.375. The van der Waals surface area contributed by atoms with Crippen LogP contribution in [0.15, 0.2) is 78.9 Å². The first kappa shape index (κ1) is 26.3. The third-order valence-corrected chi connectivity index (χ3v) is 8.50. The lowest BCUT2D eigenvalue weighted by Crippen LogP contribution is -2.49. The largest absolute Gasteiger partial charge is 0.369 e. The van der Waals surface area contributed by atoms with Crippen LogP contribution in [0.4, 0.5) is 4.39 Å². The van der Waals surface area contributed by atoms with Gasteiger partial charge in [-0.1, -0.05) is 78.9 Å². The average Bonchev–Trinajstić information content (AvgIpc) is 3.41. The van der Waals surface area contributed by atoms with Gasteiger partial charge in [0.2, 0.25) is 5.91 Å². The van der Waals surface area contributed by atoms with Gasteiger partial charge < -0.3 is 10.5 Å². The number of amides is 1. The molecule has 0 spiro atoms. The van der Waals surface area contributed by atoms with Crippen LogP contribution in [0.2, 0.25) is 0 Å². The number of benzene rings is 3. The third kappa shape index (κ3) is 5.16. The number of nitrogens with zero attached hydrogens (tertiary/aromatic N) is 2. The summed E-state index contributed by atoms with van der Waals surface area (Å²) in [6, 6.07) is 25.3. The fourth-order valence-corrected chi connectivity index (χ4v) is 6.46. The predicted molar refractivity (Wildman–Crippen MR) is 147 cm³/mol. The second kappa shape index (κ2) is 11.6. The molecule has 0 saturated carbocycles.